The van der Waals surface area contributed by atoms with Gasteiger partial charge in [0, 0.05) is 24.2 Å². The summed E-state index contributed by atoms with van der Waals surface area (Å²) in [7, 11) is 0. The number of para-hydroxylation sites is 1. The first-order valence-electron chi connectivity index (χ1n) is 9.02. The third-order valence-electron chi connectivity index (χ3n) is 4.59. The number of nitrogens with zero attached hydrogens (tertiary/aromatic N) is 2. The van der Waals surface area contributed by atoms with Gasteiger partial charge in [-0.05, 0) is 55.3 Å². The molecule has 0 atom stereocenters. The molecule has 1 saturated heterocycles. The molecular weight excluding hydrogens is 345 g/mol. The molecule has 0 bridgehead atoms. The van der Waals surface area contributed by atoms with Gasteiger partial charge in [-0.1, -0.05) is 12.1 Å². The summed E-state index contributed by atoms with van der Waals surface area (Å²) in [4.78, 5) is 19.1. The molecule has 5 nitrogen and oxygen atoms in total. The van der Waals surface area contributed by atoms with Crippen LogP contribution in [0.25, 0.3) is 10.9 Å². The molecule has 1 N–H and O–H groups in total. The minimum atomic E-state index is -0.347. The van der Waals surface area contributed by atoms with Gasteiger partial charge in [-0.15, -0.1) is 0 Å². The second kappa shape index (κ2) is 7.61. The monoisotopic (exact) mass is 365 g/mol. The molecule has 138 valence electrons. The standard InChI is InChI=1S/C21H20FN3O2/c22-16-7-9-17(10-8-16)23-20(26)14-27-18-5-3-4-15-6-11-19(24-21(15)18)25-12-1-2-13-25/h3-11H,1-2,12-14H2,(H,23,26). The number of carbonyl (C=O) groups excluding carboxylic acids is 1. The van der Waals surface area contributed by atoms with Gasteiger partial charge in [0.05, 0.1) is 0 Å². The second-order valence-corrected chi connectivity index (χ2v) is 6.54. The van der Waals surface area contributed by atoms with Gasteiger partial charge in [-0.25, -0.2) is 9.37 Å². The first kappa shape index (κ1) is 17.3. The van der Waals surface area contributed by atoms with Crippen LogP contribution in [0.2, 0.25) is 0 Å². The lowest BCUT2D eigenvalue weighted by molar-refractivity contribution is -0.118. The molecule has 1 aliphatic rings. The number of carbonyl (C=O) groups is 1. The van der Waals surface area contributed by atoms with Crippen molar-refractivity contribution in [1.82, 2.24) is 4.98 Å². The Bertz CT molecular complexity index is 953. The van der Waals surface area contributed by atoms with Crippen LogP contribution >= 0.6 is 0 Å². The van der Waals surface area contributed by atoms with Crippen LogP contribution in [0.4, 0.5) is 15.9 Å². The van der Waals surface area contributed by atoms with Crippen LogP contribution in [-0.2, 0) is 4.79 Å². The summed E-state index contributed by atoms with van der Waals surface area (Å²) < 4.78 is 18.7. The molecule has 6 heteroatoms. The lowest BCUT2D eigenvalue weighted by atomic mass is 10.2. The summed E-state index contributed by atoms with van der Waals surface area (Å²) in [5.41, 5.74) is 1.27. The normalized spacial score (nSPS) is 13.7. The van der Waals surface area contributed by atoms with Crippen LogP contribution < -0.4 is 15.0 Å². The molecule has 27 heavy (non-hydrogen) atoms. The topological polar surface area (TPSA) is 54.5 Å². The smallest absolute Gasteiger partial charge is 0.262 e. The summed E-state index contributed by atoms with van der Waals surface area (Å²) in [6, 6.07) is 15.3. The number of halogens is 1. The van der Waals surface area contributed by atoms with E-state index in [0.717, 1.165) is 29.8 Å². The molecule has 0 saturated carbocycles. The predicted molar refractivity (Wildman–Crippen MR) is 104 cm³/mol. The number of ether oxygens (including phenoxy) is 1. The number of anilines is 2. The minimum absolute atomic E-state index is 0.147. The molecule has 1 aromatic heterocycles. The molecule has 1 amide bonds. The predicted octanol–water partition coefficient (Wildman–Crippen LogP) is 3.99. The third kappa shape index (κ3) is 4.00. The minimum Gasteiger partial charge on any atom is -0.481 e. The van der Waals surface area contributed by atoms with E-state index in [0.29, 0.717) is 11.4 Å². The van der Waals surface area contributed by atoms with Crippen molar-refractivity contribution in [2.24, 2.45) is 0 Å². The SMILES string of the molecule is O=C(COc1cccc2ccc(N3CCCC3)nc12)Nc1ccc(F)cc1. The molecule has 0 radical (unpaired) electrons. The summed E-state index contributed by atoms with van der Waals surface area (Å²) in [6.07, 6.45) is 2.36. The zero-order chi connectivity index (χ0) is 18.6. The zero-order valence-electron chi connectivity index (χ0n) is 14.8. The van der Waals surface area contributed by atoms with Gasteiger partial charge >= 0.3 is 0 Å². The van der Waals surface area contributed by atoms with Crippen molar-refractivity contribution in [2.75, 3.05) is 29.9 Å². The molecule has 1 fully saturated rings. The van der Waals surface area contributed by atoms with Crippen LogP contribution in [0.1, 0.15) is 12.8 Å². The Morgan fingerprint density at radius 3 is 2.63 bits per heavy atom. The zero-order valence-corrected chi connectivity index (χ0v) is 14.8. The number of nitrogens with one attached hydrogen (secondary N) is 1. The molecule has 3 aromatic rings. The number of fused-ring (bicyclic) bond motifs is 1. The van der Waals surface area contributed by atoms with E-state index < -0.39 is 0 Å². The highest BCUT2D eigenvalue weighted by Crippen LogP contribution is 2.27. The number of rotatable bonds is 5. The number of pyridine rings is 1. The third-order valence-corrected chi connectivity index (χ3v) is 4.59. The van der Waals surface area contributed by atoms with Gasteiger partial charge in [-0.2, -0.15) is 0 Å². The Morgan fingerprint density at radius 1 is 1.07 bits per heavy atom. The Kier molecular flexibility index (Phi) is 4.87. The van der Waals surface area contributed by atoms with Crippen LogP contribution in [0.5, 0.6) is 5.75 Å². The van der Waals surface area contributed by atoms with Gasteiger partial charge in [0.1, 0.15) is 22.9 Å². The maximum atomic E-state index is 12.9. The van der Waals surface area contributed by atoms with E-state index in [1.54, 1.807) is 0 Å². The van der Waals surface area contributed by atoms with Gasteiger partial charge in [0.25, 0.3) is 5.91 Å². The fraction of sp³-hybridized carbons (Fsp3) is 0.238. The average molecular weight is 365 g/mol. The van der Waals surface area contributed by atoms with E-state index >= 15 is 0 Å². The molecule has 2 heterocycles. The molecule has 0 unspecified atom stereocenters. The highest BCUT2D eigenvalue weighted by Gasteiger charge is 2.15. The van der Waals surface area contributed by atoms with Crippen molar-refractivity contribution in [1.29, 1.82) is 0 Å². The van der Waals surface area contributed by atoms with Crippen molar-refractivity contribution in [2.45, 2.75) is 12.8 Å². The molecule has 2 aromatic carbocycles. The number of benzene rings is 2. The maximum Gasteiger partial charge on any atom is 0.262 e. The van der Waals surface area contributed by atoms with Crippen molar-refractivity contribution in [3.8, 4) is 5.75 Å². The fourth-order valence-corrected chi connectivity index (χ4v) is 3.22. The van der Waals surface area contributed by atoms with Crippen LogP contribution in [-0.4, -0.2) is 30.6 Å². The van der Waals surface area contributed by atoms with E-state index in [9.17, 15) is 9.18 Å². The quantitative estimate of drug-likeness (QED) is 0.743. The number of amides is 1. The maximum absolute atomic E-state index is 12.9. The lowest BCUT2D eigenvalue weighted by Crippen LogP contribution is -2.20. The lowest BCUT2D eigenvalue weighted by Gasteiger charge is -2.17. The second-order valence-electron chi connectivity index (χ2n) is 6.54. The van der Waals surface area contributed by atoms with E-state index in [2.05, 4.69) is 10.2 Å². The van der Waals surface area contributed by atoms with Gasteiger partial charge in [0.15, 0.2) is 6.61 Å². The van der Waals surface area contributed by atoms with Crippen molar-refractivity contribution < 1.29 is 13.9 Å². The molecule has 0 aliphatic carbocycles. The largest absolute Gasteiger partial charge is 0.481 e. The fourth-order valence-electron chi connectivity index (χ4n) is 3.22. The highest BCUT2D eigenvalue weighted by molar-refractivity contribution is 5.92. The molecule has 0 spiro atoms. The van der Waals surface area contributed by atoms with Crippen molar-refractivity contribution in [3.05, 3.63) is 60.4 Å². The van der Waals surface area contributed by atoms with E-state index in [1.165, 1.54) is 37.1 Å². The molecule has 4 rings (SSSR count). The van der Waals surface area contributed by atoms with Crippen molar-refractivity contribution >= 4 is 28.3 Å². The number of hydrogen-bond acceptors (Lipinski definition) is 4. The van der Waals surface area contributed by atoms with Crippen molar-refractivity contribution in [3.63, 3.8) is 0 Å². The summed E-state index contributed by atoms with van der Waals surface area (Å²) in [6.45, 7) is 1.88. The van der Waals surface area contributed by atoms with E-state index in [-0.39, 0.29) is 18.3 Å². The summed E-state index contributed by atoms with van der Waals surface area (Å²) in [5.74, 6) is 0.851. The molecule has 1 aliphatic heterocycles. The number of hydrogen-bond donors (Lipinski definition) is 1. The van der Waals surface area contributed by atoms with E-state index in [4.69, 9.17) is 9.72 Å². The van der Waals surface area contributed by atoms with E-state index in [1.807, 2.05) is 30.3 Å². The van der Waals surface area contributed by atoms with Gasteiger partial charge < -0.3 is 15.0 Å². The Labute approximate surface area is 156 Å². The van der Waals surface area contributed by atoms with Crippen LogP contribution in [0, 0.1) is 5.82 Å². The first-order valence-corrected chi connectivity index (χ1v) is 9.02. The Balaban J connectivity index is 1.48. The van der Waals surface area contributed by atoms with Crippen LogP contribution in [0.3, 0.4) is 0 Å². The average Bonchev–Trinajstić information content (AvgIpc) is 3.22. The van der Waals surface area contributed by atoms with Gasteiger partial charge in [0.2, 0.25) is 0 Å². The Morgan fingerprint density at radius 2 is 1.85 bits per heavy atom. The first-order chi connectivity index (χ1) is 13.2. The summed E-state index contributed by atoms with van der Waals surface area (Å²) >= 11 is 0. The summed E-state index contributed by atoms with van der Waals surface area (Å²) in [5, 5.41) is 3.65. The highest BCUT2D eigenvalue weighted by atomic mass is 19.1. The number of aromatic nitrogens is 1. The van der Waals surface area contributed by atoms with Gasteiger partial charge in [-0.3, -0.25) is 4.79 Å². The van der Waals surface area contributed by atoms with Crippen LogP contribution in [0.15, 0.2) is 54.6 Å². The molecular formula is C21H20FN3O2. The Hall–Kier alpha value is -3.15.